The van der Waals surface area contributed by atoms with E-state index in [9.17, 15) is 9.59 Å². The first kappa shape index (κ1) is 18.0. The number of carbonyl (C=O) groups is 1. The lowest BCUT2D eigenvalue weighted by molar-refractivity contribution is 0.0937. The quantitative estimate of drug-likeness (QED) is 0.918. The summed E-state index contributed by atoms with van der Waals surface area (Å²) in [7, 11) is 1.67. The molecule has 26 heavy (non-hydrogen) atoms. The van der Waals surface area contributed by atoms with Crippen molar-refractivity contribution in [1.82, 2.24) is 9.88 Å². The van der Waals surface area contributed by atoms with Crippen molar-refractivity contribution in [3.63, 3.8) is 0 Å². The molecule has 0 saturated heterocycles. The zero-order valence-electron chi connectivity index (χ0n) is 15.6. The molecule has 0 fully saturated rings. The lowest BCUT2D eigenvalue weighted by Gasteiger charge is -2.17. The number of carbonyl (C=O) groups excluding carboxylic acids is 1. The van der Waals surface area contributed by atoms with E-state index in [0.717, 1.165) is 17.7 Å². The maximum Gasteiger partial charge on any atom is 0.263 e. The van der Waals surface area contributed by atoms with Gasteiger partial charge in [0.1, 0.15) is 5.56 Å². The Kier molecular flexibility index (Phi) is 5.02. The molecule has 1 amide bonds. The number of benzene rings is 1. The summed E-state index contributed by atoms with van der Waals surface area (Å²) in [4.78, 5) is 25.2. The highest BCUT2D eigenvalue weighted by atomic mass is 16.5. The van der Waals surface area contributed by atoms with Crippen LogP contribution in [0.2, 0.25) is 0 Å². The van der Waals surface area contributed by atoms with Gasteiger partial charge in [-0.15, -0.1) is 0 Å². The van der Waals surface area contributed by atoms with Gasteiger partial charge in [0.25, 0.3) is 11.5 Å². The Hall–Kier alpha value is -2.76. The number of amides is 1. The maximum atomic E-state index is 12.7. The summed E-state index contributed by atoms with van der Waals surface area (Å²) in [6.07, 6.45) is 0.840. The summed E-state index contributed by atoms with van der Waals surface area (Å²) in [6, 6.07) is 7.21. The smallest absolute Gasteiger partial charge is 0.263 e. The minimum Gasteiger partial charge on any atom is -0.490 e. The van der Waals surface area contributed by atoms with Crippen LogP contribution < -0.4 is 20.3 Å². The minimum absolute atomic E-state index is 0.180. The molecule has 1 atom stereocenters. The lowest BCUT2D eigenvalue weighted by Crippen LogP contribution is -2.35. The zero-order valence-corrected chi connectivity index (χ0v) is 15.6. The van der Waals surface area contributed by atoms with Crippen LogP contribution in [0, 0.1) is 13.8 Å². The number of aromatic nitrogens is 1. The highest BCUT2D eigenvalue weighted by Crippen LogP contribution is 2.32. The molecular formula is C20H24N2O4. The molecule has 1 N–H and O–H groups in total. The van der Waals surface area contributed by atoms with Gasteiger partial charge in [-0.05, 0) is 50.1 Å². The van der Waals surface area contributed by atoms with Crippen molar-refractivity contribution in [2.45, 2.75) is 33.2 Å². The molecule has 1 aromatic carbocycles. The Bertz CT molecular complexity index is 901. The zero-order chi connectivity index (χ0) is 18.8. The highest BCUT2D eigenvalue weighted by Gasteiger charge is 2.20. The molecule has 2 heterocycles. The van der Waals surface area contributed by atoms with Gasteiger partial charge >= 0.3 is 0 Å². The van der Waals surface area contributed by atoms with Gasteiger partial charge < -0.3 is 19.4 Å². The van der Waals surface area contributed by atoms with Crippen molar-refractivity contribution in [2.75, 3.05) is 13.2 Å². The summed E-state index contributed by atoms with van der Waals surface area (Å²) in [5.41, 5.74) is 2.28. The molecule has 2 aromatic rings. The number of fused-ring (bicyclic) bond motifs is 1. The molecule has 1 aliphatic rings. The van der Waals surface area contributed by atoms with Crippen molar-refractivity contribution in [3.8, 4) is 11.5 Å². The summed E-state index contributed by atoms with van der Waals surface area (Å²) in [5, 5.41) is 2.91. The van der Waals surface area contributed by atoms with Crippen LogP contribution >= 0.6 is 0 Å². The first-order chi connectivity index (χ1) is 12.4. The van der Waals surface area contributed by atoms with Crippen LogP contribution in [0.5, 0.6) is 11.5 Å². The summed E-state index contributed by atoms with van der Waals surface area (Å²) in [5.74, 6) is 1.03. The number of hydrogen-bond donors (Lipinski definition) is 1. The topological polar surface area (TPSA) is 69.6 Å². The molecule has 0 saturated carbocycles. The SMILES string of the molecule is Cc1cc(C)n(C)c(=O)c1C(=O)NC(C)c1ccc2c(c1)OCCCO2. The molecule has 1 aromatic heterocycles. The van der Waals surface area contributed by atoms with E-state index in [2.05, 4.69) is 5.32 Å². The number of nitrogens with zero attached hydrogens (tertiary/aromatic N) is 1. The fourth-order valence-corrected chi connectivity index (χ4v) is 3.06. The van der Waals surface area contributed by atoms with Crippen LogP contribution in [0.25, 0.3) is 0 Å². The second-order valence-corrected chi connectivity index (χ2v) is 6.66. The second kappa shape index (κ2) is 7.23. The Morgan fingerprint density at radius 2 is 1.85 bits per heavy atom. The fourth-order valence-electron chi connectivity index (χ4n) is 3.06. The van der Waals surface area contributed by atoms with E-state index < -0.39 is 0 Å². The average Bonchev–Trinajstić information content (AvgIpc) is 2.84. The van der Waals surface area contributed by atoms with Gasteiger partial charge in [-0.3, -0.25) is 9.59 Å². The summed E-state index contributed by atoms with van der Waals surface area (Å²) < 4.78 is 12.8. The third kappa shape index (κ3) is 3.45. The van der Waals surface area contributed by atoms with Crippen molar-refractivity contribution in [1.29, 1.82) is 0 Å². The van der Waals surface area contributed by atoms with Crippen LogP contribution in [0.15, 0.2) is 29.1 Å². The van der Waals surface area contributed by atoms with Gasteiger partial charge in [-0.25, -0.2) is 0 Å². The Morgan fingerprint density at radius 1 is 1.15 bits per heavy atom. The molecular weight excluding hydrogens is 332 g/mol. The molecule has 138 valence electrons. The van der Waals surface area contributed by atoms with Crippen molar-refractivity contribution < 1.29 is 14.3 Å². The van der Waals surface area contributed by atoms with Crippen molar-refractivity contribution >= 4 is 5.91 Å². The van der Waals surface area contributed by atoms with Gasteiger partial charge in [0.05, 0.1) is 19.3 Å². The van der Waals surface area contributed by atoms with Gasteiger partial charge in [-0.2, -0.15) is 0 Å². The van der Waals surface area contributed by atoms with Gasteiger partial charge in [0.2, 0.25) is 0 Å². The van der Waals surface area contributed by atoms with Crippen LogP contribution in [0.4, 0.5) is 0 Å². The van der Waals surface area contributed by atoms with E-state index in [1.54, 1.807) is 14.0 Å². The minimum atomic E-state index is -0.372. The van der Waals surface area contributed by atoms with E-state index in [1.807, 2.05) is 38.1 Å². The number of pyridine rings is 1. The van der Waals surface area contributed by atoms with Gasteiger partial charge in [-0.1, -0.05) is 6.07 Å². The van der Waals surface area contributed by atoms with Crippen LogP contribution in [0.3, 0.4) is 0 Å². The molecule has 0 aliphatic carbocycles. The molecule has 6 nitrogen and oxygen atoms in total. The predicted molar refractivity (Wildman–Crippen MR) is 99.1 cm³/mol. The normalized spacial score (nSPS) is 14.5. The standard InChI is InChI=1S/C20H24N2O4/c1-12-10-13(2)22(4)20(24)18(12)19(23)21-14(3)15-6-7-16-17(11-15)26-9-5-8-25-16/h6-7,10-11,14H,5,8-9H2,1-4H3,(H,21,23). The Labute approximate surface area is 152 Å². The summed E-state index contributed by atoms with van der Waals surface area (Å²) in [6.45, 7) is 6.74. The Morgan fingerprint density at radius 3 is 2.58 bits per heavy atom. The fraction of sp³-hybridized carbons (Fsp3) is 0.400. The molecule has 0 spiro atoms. The number of ether oxygens (including phenoxy) is 2. The number of rotatable bonds is 3. The molecule has 0 bridgehead atoms. The number of aryl methyl sites for hydroxylation is 2. The highest BCUT2D eigenvalue weighted by molar-refractivity contribution is 5.95. The van der Waals surface area contributed by atoms with E-state index in [0.29, 0.717) is 30.3 Å². The van der Waals surface area contributed by atoms with E-state index in [1.165, 1.54) is 4.57 Å². The lowest BCUT2D eigenvalue weighted by atomic mass is 10.1. The first-order valence-electron chi connectivity index (χ1n) is 8.76. The maximum absolute atomic E-state index is 12.7. The largest absolute Gasteiger partial charge is 0.490 e. The van der Waals surface area contributed by atoms with Crippen molar-refractivity contribution in [3.05, 3.63) is 57.0 Å². The molecule has 0 radical (unpaired) electrons. The van der Waals surface area contributed by atoms with Gasteiger partial charge in [0, 0.05) is 19.2 Å². The van der Waals surface area contributed by atoms with Crippen LogP contribution in [0.1, 0.15) is 46.6 Å². The third-order valence-electron chi connectivity index (χ3n) is 4.71. The monoisotopic (exact) mass is 356 g/mol. The van der Waals surface area contributed by atoms with Gasteiger partial charge in [0.15, 0.2) is 11.5 Å². The predicted octanol–water partition coefficient (Wildman–Crippen LogP) is 2.65. The van der Waals surface area contributed by atoms with Crippen LogP contribution in [-0.4, -0.2) is 23.7 Å². The Balaban J connectivity index is 1.83. The second-order valence-electron chi connectivity index (χ2n) is 6.66. The van der Waals surface area contributed by atoms with Crippen LogP contribution in [-0.2, 0) is 7.05 Å². The van der Waals surface area contributed by atoms with Crippen molar-refractivity contribution in [2.24, 2.45) is 7.05 Å². The number of hydrogen-bond acceptors (Lipinski definition) is 4. The average molecular weight is 356 g/mol. The van der Waals surface area contributed by atoms with E-state index >= 15 is 0 Å². The summed E-state index contributed by atoms with van der Waals surface area (Å²) >= 11 is 0. The van der Waals surface area contributed by atoms with E-state index in [4.69, 9.17) is 9.47 Å². The number of nitrogens with one attached hydrogen (secondary N) is 1. The molecule has 1 aliphatic heterocycles. The molecule has 3 rings (SSSR count). The molecule has 1 unspecified atom stereocenters. The first-order valence-corrected chi connectivity index (χ1v) is 8.76. The van der Waals surface area contributed by atoms with E-state index in [-0.39, 0.29) is 23.1 Å². The molecule has 6 heteroatoms. The third-order valence-corrected chi connectivity index (χ3v) is 4.71.